The fraction of sp³-hybridized carbons (Fsp3) is 0.846. The minimum absolute atomic E-state index is 0.0571. The molecule has 0 aromatic rings. The monoisotopic (exact) mass is 253 g/mol. The van der Waals surface area contributed by atoms with Crippen LogP contribution in [0.15, 0.2) is 0 Å². The summed E-state index contributed by atoms with van der Waals surface area (Å²) in [7, 11) is 0. The number of rotatable bonds is 3. The Balaban J connectivity index is 1.84. The molecule has 0 saturated carbocycles. The van der Waals surface area contributed by atoms with Crippen molar-refractivity contribution in [2.24, 2.45) is 5.92 Å². The van der Waals surface area contributed by atoms with Crippen LogP contribution in [0.1, 0.15) is 33.1 Å². The van der Waals surface area contributed by atoms with E-state index in [-0.39, 0.29) is 17.9 Å². The SMILES string of the molecule is CCC(C)C(=O)N1CCC(N2CCNC2=O)CC1. The van der Waals surface area contributed by atoms with E-state index in [4.69, 9.17) is 0 Å². The Morgan fingerprint density at radius 2 is 2.06 bits per heavy atom. The third kappa shape index (κ3) is 2.60. The van der Waals surface area contributed by atoms with Gasteiger partial charge in [-0.3, -0.25) is 4.79 Å². The Bertz CT molecular complexity index is 324. The first-order valence-electron chi connectivity index (χ1n) is 6.96. The number of nitrogens with zero attached hydrogens (tertiary/aromatic N) is 2. The van der Waals surface area contributed by atoms with E-state index in [0.717, 1.165) is 45.4 Å². The maximum Gasteiger partial charge on any atom is 0.317 e. The van der Waals surface area contributed by atoms with Gasteiger partial charge >= 0.3 is 6.03 Å². The Hall–Kier alpha value is -1.26. The first kappa shape index (κ1) is 13.2. The molecule has 2 rings (SSSR count). The molecule has 18 heavy (non-hydrogen) atoms. The number of piperidine rings is 1. The number of carbonyl (C=O) groups is 2. The van der Waals surface area contributed by atoms with Crippen molar-refractivity contribution in [2.45, 2.75) is 39.2 Å². The van der Waals surface area contributed by atoms with Crippen molar-refractivity contribution in [2.75, 3.05) is 26.2 Å². The van der Waals surface area contributed by atoms with Crippen LogP contribution in [0.5, 0.6) is 0 Å². The summed E-state index contributed by atoms with van der Waals surface area (Å²) in [5, 5.41) is 2.83. The fourth-order valence-corrected chi connectivity index (χ4v) is 2.72. The van der Waals surface area contributed by atoms with Crippen LogP contribution < -0.4 is 5.32 Å². The van der Waals surface area contributed by atoms with Gasteiger partial charge in [-0.05, 0) is 19.3 Å². The molecule has 0 bridgehead atoms. The van der Waals surface area contributed by atoms with E-state index in [2.05, 4.69) is 5.32 Å². The van der Waals surface area contributed by atoms with Crippen molar-refractivity contribution >= 4 is 11.9 Å². The van der Waals surface area contributed by atoms with Crippen LogP contribution in [-0.4, -0.2) is 54.0 Å². The smallest absolute Gasteiger partial charge is 0.317 e. The van der Waals surface area contributed by atoms with Crippen LogP contribution in [0.4, 0.5) is 4.79 Å². The molecule has 0 aromatic carbocycles. The van der Waals surface area contributed by atoms with Crippen molar-refractivity contribution in [3.8, 4) is 0 Å². The Kier molecular flexibility index (Phi) is 4.09. The standard InChI is InChI=1S/C13H23N3O2/c1-3-10(2)12(17)15-7-4-11(5-8-15)16-9-6-14-13(16)18/h10-11H,3-9H2,1-2H3,(H,14,18). The largest absolute Gasteiger partial charge is 0.342 e. The summed E-state index contributed by atoms with van der Waals surface area (Å²) in [6.45, 7) is 7.18. The summed E-state index contributed by atoms with van der Waals surface area (Å²) in [5.74, 6) is 0.387. The topological polar surface area (TPSA) is 52.7 Å². The molecule has 1 N–H and O–H groups in total. The second kappa shape index (κ2) is 5.59. The van der Waals surface area contributed by atoms with Crippen LogP contribution in [0.3, 0.4) is 0 Å². The molecule has 0 aromatic heterocycles. The second-order valence-corrected chi connectivity index (χ2v) is 5.29. The molecular formula is C13H23N3O2. The Labute approximate surface area is 108 Å². The fourth-order valence-electron chi connectivity index (χ4n) is 2.72. The van der Waals surface area contributed by atoms with Gasteiger partial charge in [-0.1, -0.05) is 13.8 Å². The second-order valence-electron chi connectivity index (χ2n) is 5.29. The highest BCUT2D eigenvalue weighted by molar-refractivity contribution is 5.79. The summed E-state index contributed by atoms with van der Waals surface area (Å²) in [6, 6.07) is 0.371. The number of amides is 3. The van der Waals surface area contributed by atoms with Gasteiger partial charge in [-0.15, -0.1) is 0 Å². The molecule has 5 nitrogen and oxygen atoms in total. The van der Waals surface area contributed by atoms with Crippen LogP contribution in [-0.2, 0) is 4.79 Å². The van der Waals surface area contributed by atoms with E-state index in [9.17, 15) is 9.59 Å². The molecule has 2 saturated heterocycles. The van der Waals surface area contributed by atoms with Crippen molar-refractivity contribution in [1.29, 1.82) is 0 Å². The highest BCUT2D eigenvalue weighted by Crippen LogP contribution is 2.20. The number of hydrogen-bond donors (Lipinski definition) is 1. The number of nitrogens with one attached hydrogen (secondary N) is 1. The van der Waals surface area contributed by atoms with Gasteiger partial charge in [-0.25, -0.2) is 4.79 Å². The predicted octanol–water partition coefficient (Wildman–Crippen LogP) is 1.05. The molecule has 2 aliphatic rings. The Morgan fingerprint density at radius 3 is 2.56 bits per heavy atom. The number of hydrogen-bond acceptors (Lipinski definition) is 2. The number of urea groups is 1. The summed E-state index contributed by atoms with van der Waals surface area (Å²) in [4.78, 5) is 27.5. The van der Waals surface area contributed by atoms with Crippen LogP contribution in [0.2, 0.25) is 0 Å². The van der Waals surface area contributed by atoms with Crippen molar-refractivity contribution in [3.05, 3.63) is 0 Å². The van der Waals surface area contributed by atoms with Gasteiger partial charge < -0.3 is 15.1 Å². The van der Waals surface area contributed by atoms with Crippen LogP contribution in [0, 0.1) is 5.92 Å². The Morgan fingerprint density at radius 1 is 1.39 bits per heavy atom. The molecule has 0 spiro atoms. The maximum atomic E-state index is 12.1. The third-order valence-corrected chi connectivity index (χ3v) is 4.14. The zero-order valence-electron chi connectivity index (χ0n) is 11.3. The first-order valence-corrected chi connectivity index (χ1v) is 6.96. The lowest BCUT2D eigenvalue weighted by molar-refractivity contribution is -0.136. The number of carbonyl (C=O) groups excluding carboxylic acids is 2. The molecular weight excluding hydrogens is 230 g/mol. The molecule has 2 aliphatic heterocycles. The van der Waals surface area contributed by atoms with Crippen LogP contribution in [0.25, 0.3) is 0 Å². The van der Waals surface area contributed by atoms with Crippen molar-refractivity contribution in [3.63, 3.8) is 0 Å². The molecule has 5 heteroatoms. The lowest BCUT2D eigenvalue weighted by Crippen LogP contribution is -2.48. The third-order valence-electron chi connectivity index (χ3n) is 4.14. The maximum absolute atomic E-state index is 12.1. The molecule has 102 valence electrons. The lowest BCUT2D eigenvalue weighted by Gasteiger charge is -2.37. The quantitative estimate of drug-likeness (QED) is 0.817. The highest BCUT2D eigenvalue weighted by Gasteiger charge is 2.32. The highest BCUT2D eigenvalue weighted by atomic mass is 16.2. The summed E-state index contributed by atoms with van der Waals surface area (Å²) < 4.78 is 0. The van der Waals surface area contributed by atoms with E-state index in [1.807, 2.05) is 23.6 Å². The van der Waals surface area contributed by atoms with Gasteiger partial charge in [0.1, 0.15) is 0 Å². The van der Waals surface area contributed by atoms with Gasteiger partial charge in [0.15, 0.2) is 0 Å². The minimum atomic E-state index is 0.0571. The average Bonchev–Trinajstić information content (AvgIpc) is 2.83. The minimum Gasteiger partial charge on any atom is -0.342 e. The lowest BCUT2D eigenvalue weighted by atomic mass is 10.0. The molecule has 2 heterocycles. The predicted molar refractivity (Wildman–Crippen MR) is 69.2 cm³/mol. The molecule has 1 unspecified atom stereocenters. The van der Waals surface area contributed by atoms with Gasteiger partial charge in [-0.2, -0.15) is 0 Å². The zero-order chi connectivity index (χ0) is 13.1. The zero-order valence-corrected chi connectivity index (χ0v) is 11.3. The molecule has 3 amide bonds. The summed E-state index contributed by atoms with van der Waals surface area (Å²) in [5.41, 5.74) is 0. The number of likely N-dealkylation sites (tertiary alicyclic amines) is 1. The molecule has 2 fully saturated rings. The van der Waals surface area contributed by atoms with Gasteiger partial charge in [0.2, 0.25) is 5.91 Å². The van der Waals surface area contributed by atoms with Crippen molar-refractivity contribution in [1.82, 2.24) is 15.1 Å². The van der Waals surface area contributed by atoms with E-state index in [1.165, 1.54) is 0 Å². The van der Waals surface area contributed by atoms with E-state index >= 15 is 0 Å². The first-order chi connectivity index (χ1) is 8.63. The van der Waals surface area contributed by atoms with Gasteiger partial charge in [0.05, 0.1) is 0 Å². The van der Waals surface area contributed by atoms with E-state index < -0.39 is 0 Å². The molecule has 1 atom stereocenters. The van der Waals surface area contributed by atoms with Gasteiger partial charge in [0, 0.05) is 38.1 Å². The van der Waals surface area contributed by atoms with Crippen molar-refractivity contribution < 1.29 is 9.59 Å². The normalized spacial score (nSPS) is 23.1. The van der Waals surface area contributed by atoms with Gasteiger partial charge in [0.25, 0.3) is 0 Å². The van der Waals surface area contributed by atoms with Crippen LogP contribution >= 0.6 is 0 Å². The van der Waals surface area contributed by atoms with E-state index in [0.29, 0.717) is 6.04 Å². The average molecular weight is 253 g/mol. The van der Waals surface area contributed by atoms with E-state index in [1.54, 1.807) is 0 Å². The molecule has 0 radical (unpaired) electrons. The summed E-state index contributed by atoms with van der Waals surface area (Å²) in [6.07, 6.45) is 2.72. The molecule has 0 aliphatic carbocycles. The summed E-state index contributed by atoms with van der Waals surface area (Å²) >= 11 is 0.